The van der Waals surface area contributed by atoms with E-state index >= 15 is 0 Å². The molecule has 1 unspecified atom stereocenters. The molecule has 27 heavy (non-hydrogen) atoms. The number of pyridine rings is 1. The minimum atomic E-state index is -0.832. The molecule has 0 fully saturated rings. The van der Waals surface area contributed by atoms with Crippen molar-refractivity contribution >= 4 is 16.9 Å². The number of benzene rings is 2. The number of carbonyl (C=O) groups excluding carboxylic acids is 1. The van der Waals surface area contributed by atoms with Crippen molar-refractivity contribution in [1.29, 1.82) is 0 Å². The number of halogens is 2. The number of para-hydroxylation sites is 1. The van der Waals surface area contributed by atoms with Crippen molar-refractivity contribution < 1.29 is 23.0 Å². The van der Waals surface area contributed by atoms with Crippen LogP contribution < -0.4 is 4.74 Å². The molecule has 0 spiro atoms. The van der Waals surface area contributed by atoms with E-state index in [0.29, 0.717) is 11.1 Å². The zero-order valence-electron chi connectivity index (χ0n) is 15.2. The van der Waals surface area contributed by atoms with Gasteiger partial charge in [0.25, 0.3) is 0 Å². The number of ether oxygens (including phenoxy) is 2. The molecule has 6 heteroatoms. The predicted molar refractivity (Wildman–Crippen MR) is 97.5 cm³/mol. The Kier molecular flexibility index (Phi) is 5.35. The van der Waals surface area contributed by atoms with E-state index < -0.39 is 23.7 Å². The second-order valence-corrected chi connectivity index (χ2v) is 6.47. The summed E-state index contributed by atoms with van der Waals surface area (Å²) in [6.45, 7) is 4.99. The van der Waals surface area contributed by atoms with Crippen molar-refractivity contribution in [2.24, 2.45) is 5.92 Å². The first-order valence-electron chi connectivity index (χ1n) is 8.58. The van der Waals surface area contributed by atoms with Crippen molar-refractivity contribution in [3.8, 4) is 11.5 Å². The normalized spacial score (nSPS) is 12.2. The molecular formula is C21H19F2NO3. The first-order valence-corrected chi connectivity index (χ1v) is 8.58. The molecular weight excluding hydrogens is 352 g/mol. The van der Waals surface area contributed by atoms with Crippen LogP contribution in [0.2, 0.25) is 0 Å². The molecule has 0 aliphatic rings. The molecule has 140 valence electrons. The van der Waals surface area contributed by atoms with Gasteiger partial charge in [0, 0.05) is 5.39 Å². The monoisotopic (exact) mass is 371 g/mol. The maximum Gasteiger partial charge on any atom is 0.308 e. The third-order valence-corrected chi connectivity index (χ3v) is 4.05. The molecule has 0 aliphatic carbocycles. The average Bonchev–Trinajstić information content (AvgIpc) is 2.61. The smallest absolute Gasteiger partial charge is 0.308 e. The van der Waals surface area contributed by atoms with E-state index in [9.17, 15) is 13.6 Å². The number of rotatable bonds is 5. The van der Waals surface area contributed by atoms with Crippen LogP contribution in [0.1, 0.15) is 32.4 Å². The molecule has 0 N–H and O–H groups in total. The van der Waals surface area contributed by atoms with E-state index in [0.717, 1.165) is 0 Å². The Morgan fingerprint density at radius 1 is 1.04 bits per heavy atom. The van der Waals surface area contributed by atoms with Gasteiger partial charge in [0.15, 0.2) is 0 Å². The van der Waals surface area contributed by atoms with Gasteiger partial charge in [-0.3, -0.25) is 4.79 Å². The van der Waals surface area contributed by atoms with Gasteiger partial charge in [0.2, 0.25) is 0 Å². The number of aromatic nitrogens is 1. The minimum Gasteiger partial charge on any atom is -0.457 e. The van der Waals surface area contributed by atoms with Gasteiger partial charge < -0.3 is 9.47 Å². The lowest BCUT2D eigenvalue weighted by molar-refractivity contribution is -0.152. The van der Waals surface area contributed by atoms with E-state index in [1.54, 1.807) is 45.0 Å². The molecule has 0 aliphatic heterocycles. The molecule has 1 aromatic heterocycles. The summed E-state index contributed by atoms with van der Waals surface area (Å²) >= 11 is 0. The van der Waals surface area contributed by atoms with Crippen molar-refractivity contribution in [1.82, 2.24) is 4.98 Å². The molecule has 0 saturated carbocycles. The second-order valence-electron chi connectivity index (χ2n) is 6.47. The van der Waals surface area contributed by atoms with Gasteiger partial charge in [-0.25, -0.2) is 13.8 Å². The fourth-order valence-electron chi connectivity index (χ4n) is 2.66. The number of nitrogens with zero attached hydrogens (tertiary/aromatic N) is 1. The number of esters is 1. The Bertz CT molecular complexity index is 988. The Labute approximate surface area is 155 Å². The molecule has 0 bridgehead atoms. The van der Waals surface area contributed by atoms with Crippen molar-refractivity contribution in [3.05, 3.63) is 65.9 Å². The van der Waals surface area contributed by atoms with Gasteiger partial charge in [-0.2, -0.15) is 0 Å². The molecule has 1 heterocycles. The lowest BCUT2D eigenvalue weighted by atomic mass is 10.1. The quantitative estimate of drug-likeness (QED) is 0.551. The molecule has 1 atom stereocenters. The van der Waals surface area contributed by atoms with E-state index in [1.165, 1.54) is 24.4 Å². The fraction of sp³-hybridized carbons (Fsp3) is 0.238. The Balaban J connectivity index is 1.93. The maximum atomic E-state index is 14.4. The number of hydrogen-bond donors (Lipinski definition) is 0. The SMILES string of the molecule is CC(C)C(=O)OC(C)c1c(F)cccc1Oc1cnc2c(F)cccc2c1. The van der Waals surface area contributed by atoms with E-state index in [2.05, 4.69) is 4.98 Å². The van der Waals surface area contributed by atoms with Crippen LogP contribution in [0.3, 0.4) is 0 Å². The lowest BCUT2D eigenvalue weighted by Crippen LogP contribution is -2.15. The van der Waals surface area contributed by atoms with E-state index in [1.807, 2.05) is 0 Å². The lowest BCUT2D eigenvalue weighted by Gasteiger charge is -2.19. The van der Waals surface area contributed by atoms with Crippen LogP contribution in [0.4, 0.5) is 8.78 Å². The van der Waals surface area contributed by atoms with Gasteiger partial charge >= 0.3 is 5.97 Å². The molecule has 0 amide bonds. The van der Waals surface area contributed by atoms with Crippen LogP contribution in [0.25, 0.3) is 10.9 Å². The van der Waals surface area contributed by atoms with E-state index in [4.69, 9.17) is 9.47 Å². The molecule has 3 aromatic rings. The van der Waals surface area contributed by atoms with Crippen LogP contribution in [0.15, 0.2) is 48.7 Å². The zero-order valence-corrected chi connectivity index (χ0v) is 15.2. The summed E-state index contributed by atoms with van der Waals surface area (Å²) in [7, 11) is 0. The first kappa shape index (κ1) is 18.8. The number of fused-ring (bicyclic) bond motifs is 1. The van der Waals surface area contributed by atoms with E-state index in [-0.39, 0.29) is 22.7 Å². The molecule has 3 rings (SSSR count). The van der Waals surface area contributed by atoms with Crippen LogP contribution in [0.5, 0.6) is 11.5 Å². The van der Waals surface area contributed by atoms with Crippen molar-refractivity contribution in [3.63, 3.8) is 0 Å². The highest BCUT2D eigenvalue weighted by Crippen LogP contribution is 2.34. The summed E-state index contributed by atoms with van der Waals surface area (Å²) in [5, 5.41) is 0.560. The standard InChI is InChI=1S/C21H19F2NO3/c1-12(2)21(25)26-13(3)19-16(22)7-5-9-18(19)27-15-10-14-6-4-8-17(23)20(14)24-11-15/h4-13H,1-3H3. The summed E-state index contributed by atoms with van der Waals surface area (Å²) in [6, 6.07) is 10.6. The van der Waals surface area contributed by atoms with Gasteiger partial charge in [0.05, 0.1) is 17.7 Å². The predicted octanol–water partition coefficient (Wildman–Crippen LogP) is 5.57. The maximum absolute atomic E-state index is 14.4. The largest absolute Gasteiger partial charge is 0.457 e. The second kappa shape index (κ2) is 7.70. The topological polar surface area (TPSA) is 48.4 Å². The summed E-state index contributed by atoms with van der Waals surface area (Å²) in [6.07, 6.45) is 0.534. The van der Waals surface area contributed by atoms with Crippen molar-refractivity contribution in [2.75, 3.05) is 0 Å². The summed E-state index contributed by atoms with van der Waals surface area (Å²) in [5.74, 6) is -1.21. The highest BCUT2D eigenvalue weighted by molar-refractivity contribution is 5.80. The third kappa shape index (κ3) is 4.05. The van der Waals surface area contributed by atoms with Crippen LogP contribution >= 0.6 is 0 Å². The zero-order chi connectivity index (χ0) is 19.6. The van der Waals surface area contributed by atoms with Gasteiger partial charge in [-0.15, -0.1) is 0 Å². The van der Waals surface area contributed by atoms with Gasteiger partial charge in [-0.1, -0.05) is 32.0 Å². The average molecular weight is 371 g/mol. The Morgan fingerprint density at radius 3 is 2.48 bits per heavy atom. The van der Waals surface area contributed by atoms with Crippen LogP contribution in [0, 0.1) is 17.6 Å². The summed E-state index contributed by atoms with van der Waals surface area (Å²) in [4.78, 5) is 15.9. The third-order valence-electron chi connectivity index (χ3n) is 4.05. The molecule has 0 radical (unpaired) electrons. The van der Waals surface area contributed by atoms with Gasteiger partial charge in [-0.05, 0) is 31.2 Å². The van der Waals surface area contributed by atoms with Gasteiger partial charge in [0.1, 0.15) is 34.8 Å². The molecule has 0 saturated heterocycles. The minimum absolute atomic E-state index is 0.130. The molecule has 2 aromatic carbocycles. The highest BCUT2D eigenvalue weighted by atomic mass is 19.1. The molecule has 4 nitrogen and oxygen atoms in total. The summed E-state index contributed by atoms with van der Waals surface area (Å²) < 4.78 is 39.3. The first-order chi connectivity index (χ1) is 12.9. The van der Waals surface area contributed by atoms with Crippen LogP contribution in [-0.2, 0) is 9.53 Å². The Hall–Kier alpha value is -3.02. The van der Waals surface area contributed by atoms with Crippen molar-refractivity contribution in [2.45, 2.75) is 26.9 Å². The van der Waals surface area contributed by atoms with Crippen LogP contribution in [-0.4, -0.2) is 11.0 Å². The summed E-state index contributed by atoms with van der Waals surface area (Å²) in [5.41, 5.74) is 0.356. The fourth-order valence-corrected chi connectivity index (χ4v) is 2.66. The number of carbonyl (C=O) groups is 1. The number of hydrogen-bond acceptors (Lipinski definition) is 4. The highest BCUT2D eigenvalue weighted by Gasteiger charge is 2.22. The Morgan fingerprint density at radius 2 is 1.74 bits per heavy atom.